The van der Waals surface area contributed by atoms with Crippen molar-refractivity contribution in [3.8, 4) is 0 Å². The van der Waals surface area contributed by atoms with Gasteiger partial charge in [-0.3, -0.25) is 0 Å². The standard InChI is InChI=1S/C19H37O.Na/c1-2-3-4-5-6-7-8-9-10-11-12-13-14-15-16-17-18-19-20;/h2-18H2,1H3;. The van der Waals surface area contributed by atoms with Crippen LogP contribution in [0.4, 0.5) is 0 Å². The Morgan fingerprint density at radius 2 is 0.857 bits per heavy atom. The van der Waals surface area contributed by atoms with E-state index in [4.69, 9.17) is 0 Å². The van der Waals surface area contributed by atoms with E-state index in [2.05, 4.69) is 6.92 Å². The van der Waals surface area contributed by atoms with Crippen molar-refractivity contribution in [3.63, 3.8) is 0 Å². The second-order valence-corrected chi connectivity index (χ2v) is 7.87. The van der Waals surface area contributed by atoms with E-state index < -0.39 is 0 Å². The van der Waals surface area contributed by atoms with E-state index in [1.54, 1.807) is 0 Å². The van der Waals surface area contributed by atoms with Crippen LogP contribution < -0.4 is 0 Å². The van der Waals surface area contributed by atoms with Crippen molar-refractivity contribution in [3.05, 3.63) is 0 Å². The summed E-state index contributed by atoms with van der Waals surface area (Å²) < 4.78 is 0.486. The van der Waals surface area contributed by atoms with Gasteiger partial charge in [0.25, 0.3) is 0 Å². The minimum absolute atomic E-state index is 0.486. The average Bonchev–Trinajstić information content (AvgIpc) is 2.46. The second kappa shape index (κ2) is 18.7. The third-order valence-electron chi connectivity index (χ3n) is 4.38. The molecule has 0 fully saturated rings. The molecule has 0 heterocycles. The molecule has 0 atom stereocenters. The predicted molar refractivity (Wildman–Crippen MR) is 94.9 cm³/mol. The first-order chi connectivity index (χ1) is 10.3. The van der Waals surface area contributed by atoms with Crippen molar-refractivity contribution < 1.29 is 4.79 Å². The number of hydrogen-bond donors (Lipinski definition) is 0. The number of rotatable bonds is 17. The van der Waals surface area contributed by atoms with Gasteiger partial charge in [-0.2, -0.15) is 0 Å². The van der Waals surface area contributed by atoms with Gasteiger partial charge >= 0.3 is 106 Å². The monoisotopic (exact) mass is 304 g/mol. The summed E-state index contributed by atoms with van der Waals surface area (Å²) in [6, 6.07) is 0. The maximum atomic E-state index is 10.9. The Morgan fingerprint density at radius 1 is 0.571 bits per heavy atom. The van der Waals surface area contributed by atoms with E-state index >= 15 is 0 Å². The normalized spacial score (nSPS) is 11.0. The van der Waals surface area contributed by atoms with E-state index in [1.165, 1.54) is 96.3 Å². The number of carbonyl (C=O) groups is 1. The van der Waals surface area contributed by atoms with Crippen LogP contribution >= 0.6 is 0 Å². The van der Waals surface area contributed by atoms with Crippen LogP contribution in [-0.4, -0.2) is 31.0 Å². The van der Waals surface area contributed by atoms with E-state index in [-0.39, 0.29) is 0 Å². The third kappa shape index (κ3) is 20.7. The Kier molecular flexibility index (Phi) is 19.3. The summed E-state index contributed by atoms with van der Waals surface area (Å²) in [7, 11) is 0. The van der Waals surface area contributed by atoms with Gasteiger partial charge in [-0.05, 0) is 0 Å². The number of carbonyl (C=O) groups excluding carboxylic acids is 1. The van der Waals surface area contributed by atoms with Gasteiger partial charge < -0.3 is 0 Å². The molecule has 0 aromatic carbocycles. The average molecular weight is 304 g/mol. The van der Waals surface area contributed by atoms with Crippen molar-refractivity contribution in [2.45, 2.75) is 116 Å². The zero-order chi connectivity index (χ0) is 15.6. The van der Waals surface area contributed by atoms with Crippen LogP contribution in [-0.2, 0) is 4.79 Å². The van der Waals surface area contributed by atoms with Crippen LogP contribution in [0.2, 0.25) is 0 Å². The fourth-order valence-electron chi connectivity index (χ4n) is 2.92. The van der Waals surface area contributed by atoms with Crippen LogP contribution in [0.1, 0.15) is 116 Å². The number of hydrogen-bond acceptors (Lipinski definition) is 1. The molecule has 0 saturated carbocycles. The summed E-state index contributed by atoms with van der Waals surface area (Å²) in [4.78, 5) is 10.9. The Hall–Kier alpha value is 0.670. The molecular formula is C19H37NaO. The Balaban J connectivity index is 2.95. The predicted octanol–water partition coefficient (Wildman–Crippen LogP) is 6.33. The summed E-state index contributed by atoms with van der Waals surface area (Å²) in [5.41, 5.74) is 0. The van der Waals surface area contributed by atoms with Gasteiger partial charge in [-0.15, -0.1) is 0 Å². The molecule has 0 aromatic heterocycles. The van der Waals surface area contributed by atoms with Gasteiger partial charge in [-0.25, -0.2) is 0 Å². The molecule has 0 radical (unpaired) electrons. The summed E-state index contributed by atoms with van der Waals surface area (Å²) in [6.07, 6.45) is 23.2. The van der Waals surface area contributed by atoms with Gasteiger partial charge in [0.1, 0.15) is 0 Å². The molecular weight excluding hydrogens is 267 g/mol. The third-order valence-corrected chi connectivity index (χ3v) is 4.88. The fraction of sp³-hybridized carbons (Fsp3) is 0.947. The minimum atomic E-state index is 0.486. The molecule has 1 nitrogen and oxygen atoms in total. The van der Waals surface area contributed by atoms with Crippen LogP contribution in [0, 0.1) is 0 Å². The summed E-state index contributed by atoms with van der Waals surface area (Å²) in [5.74, 6) is 0. The van der Waals surface area contributed by atoms with Crippen LogP contribution in [0.5, 0.6) is 0 Å². The van der Waals surface area contributed by atoms with E-state index in [1.807, 2.05) is 0 Å². The first kappa shape index (κ1) is 21.7. The van der Waals surface area contributed by atoms with Crippen LogP contribution in [0.25, 0.3) is 0 Å². The van der Waals surface area contributed by atoms with Gasteiger partial charge in [0.05, 0.1) is 0 Å². The van der Waals surface area contributed by atoms with E-state index in [0.29, 0.717) is 3.03 Å². The molecule has 0 aliphatic carbocycles. The van der Waals surface area contributed by atoms with Crippen LogP contribution in [0.15, 0.2) is 0 Å². The van der Waals surface area contributed by atoms with Gasteiger partial charge in [-0.1, -0.05) is 45.4 Å². The molecule has 0 saturated heterocycles. The summed E-state index contributed by atoms with van der Waals surface area (Å²) in [6.45, 7) is 2.29. The Morgan fingerprint density at radius 3 is 1.14 bits per heavy atom. The zero-order valence-corrected chi connectivity index (χ0v) is 16.9. The number of unbranched alkanes of at least 4 members (excludes halogenated alkanes) is 15. The molecule has 0 aromatic rings. The molecule has 0 rings (SSSR count). The first-order valence-electron chi connectivity index (χ1n) is 9.76. The Bertz CT molecular complexity index is 216. The summed E-state index contributed by atoms with van der Waals surface area (Å²) in [5, 5.41) is 0. The van der Waals surface area contributed by atoms with E-state index in [9.17, 15) is 4.79 Å². The van der Waals surface area contributed by atoms with Gasteiger partial charge in [0, 0.05) is 0 Å². The topological polar surface area (TPSA) is 17.1 Å². The van der Waals surface area contributed by atoms with E-state index in [0.717, 1.165) is 40.8 Å². The molecule has 0 aliphatic heterocycles. The SMILES string of the molecule is CCCCCCCCCCCCCCCCCC[C](=O)[Na]. The molecule has 0 spiro atoms. The molecule has 120 valence electrons. The van der Waals surface area contributed by atoms with Crippen LogP contribution in [0.3, 0.4) is 0 Å². The molecule has 0 amide bonds. The molecule has 0 N–H and O–H groups in total. The quantitative estimate of drug-likeness (QED) is 0.226. The molecule has 0 aliphatic rings. The van der Waals surface area contributed by atoms with Gasteiger partial charge in [0.2, 0.25) is 0 Å². The van der Waals surface area contributed by atoms with Crippen molar-refractivity contribution in [2.24, 2.45) is 0 Å². The van der Waals surface area contributed by atoms with Crippen molar-refractivity contribution in [1.29, 1.82) is 0 Å². The molecule has 21 heavy (non-hydrogen) atoms. The molecule has 0 unspecified atom stereocenters. The Labute approximate surface area is 151 Å². The first-order valence-corrected chi connectivity index (χ1v) is 10.8. The summed E-state index contributed by atoms with van der Waals surface area (Å²) >= 11 is 0.751. The van der Waals surface area contributed by atoms with Gasteiger partial charge in [0.15, 0.2) is 0 Å². The van der Waals surface area contributed by atoms with Crippen molar-refractivity contribution in [2.75, 3.05) is 0 Å². The van der Waals surface area contributed by atoms with Crippen molar-refractivity contribution in [1.82, 2.24) is 0 Å². The zero-order valence-electron chi connectivity index (χ0n) is 14.9. The van der Waals surface area contributed by atoms with Crippen molar-refractivity contribution >= 4 is 31.0 Å². The molecule has 2 heteroatoms. The molecule has 0 bridgehead atoms. The fourth-order valence-corrected chi connectivity index (χ4v) is 3.28. The second-order valence-electron chi connectivity index (χ2n) is 6.76. The maximum absolute atomic E-state index is 10.9.